The molecule has 3 unspecified atom stereocenters. The predicted molar refractivity (Wildman–Crippen MR) is 81.3 cm³/mol. The topological polar surface area (TPSA) is 101 Å². The predicted octanol–water partition coefficient (Wildman–Crippen LogP) is 0.632. The van der Waals surface area contributed by atoms with Gasteiger partial charge in [0.05, 0.1) is 0 Å². The van der Waals surface area contributed by atoms with Gasteiger partial charge in [0.25, 0.3) is 0 Å². The van der Waals surface area contributed by atoms with E-state index >= 15 is 0 Å². The molecule has 124 valence electrons. The molecule has 6 heteroatoms. The highest BCUT2D eigenvalue weighted by atomic mass is 16.5. The summed E-state index contributed by atoms with van der Waals surface area (Å²) in [4.78, 5) is 35.3. The van der Waals surface area contributed by atoms with Crippen LogP contribution in [0.3, 0.4) is 0 Å². The molecule has 0 aromatic heterocycles. The summed E-state index contributed by atoms with van der Waals surface area (Å²) < 4.78 is 4.80. The van der Waals surface area contributed by atoms with Crippen molar-refractivity contribution in [2.24, 2.45) is 5.41 Å². The van der Waals surface area contributed by atoms with Crippen LogP contribution in [-0.2, 0) is 19.1 Å². The van der Waals surface area contributed by atoms with E-state index in [1.165, 1.54) is 32.1 Å². The van der Waals surface area contributed by atoms with Crippen LogP contribution in [0.4, 0.5) is 0 Å². The van der Waals surface area contributed by atoms with Crippen LogP contribution in [0.15, 0.2) is 36.0 Å². The Morgan fingerprint density at radius 2 is 1.87 bits per heavy atom. The molecule has 6 nitrogen and oxygen atoms in total. The smallest absolute Gasteiger partial charge is 0.302 e. The van der Waals surface area contributed by atoms with Crippen molar-refractivity contribution in [1.82, 2.24) is 0 Å². The van der Waals surface area contributed by atoms with E-state index in [1.54, 1.807) is 6.92 Å². The third-order valence-corrected chi connectivity index (χ3v) is 4.94. The van der Waals surface area contributed by atoms with Crippen LogP contribution in [0.25, 0.3) is 0 Å². The number of ketones is 2. The van der Waals surface area contributed by atoms with Gasteiger partial charge in [-0.1, -0.05) is 19.6 Å². The molecule has 0 aliphatic heterocycles. The van der Waals surface area contributed by atoms with Gasteiger partial charge in [0.2, 0.25) is 0 Å². The molecule has 0 aromatic rings. The lowest BCUT2D eigenvalue weighted by Gasteiger charge is -2.50. The molecule has 0 fully saturated rings. The summed E-state index contributed by atoms with van der Waals surface area (Å²) in [6, 6.07) is 0. The van der Waals surface area contributed by atoms with E-state index in [0.717, 1.165) is 0 Å². The molecular weight excluding hydrogens is 300 g/mol. The zero-order valence-electron chi connectivity index (χ0n) is 13.4. The van der Waals surface area contributed by atoms with Gasteiger partial charge in [0.15, 0.2) is 17.2 Å². The second kappa shape index (κ2) is 5.25. The van der Waals surface area contributed by atoms with Crippen LogP contribution < -0.4 is 0 Å². The first-order chi connectivity index (χ1) is 10.4. The van der Waals surface area contributed by atoms with Crippen LogP contribution in [0, 0.1) is 5.41 Å². The lowest BCUT2D eigenvalue weighted by Crippen LogP contribution is -2.60. The number of hydrogen-bond donors (Lipinski definition) is 2. The van der Waals surface area contributed by atoms with Crippen molar-refractivity contribution in [2.75, 3.05) is 6.61 Å². The first kappa shape index (κ1) is 17.3. The molecular formula is C17H20O6. The molecule has 3 atom stereocenters. The SMILES string of the molecule is C=C(COC(C)=O)C1(O)CC2(C)C(=CC1=O)C=CC(=O)C2(C)O. The Balaban J connectivity index is 2.45. The summed E-state index contributed by atoms with van der Waals surface area (Å²) in [7, 11) is 0. The number of rotatable bonds is 3. The van der Waals surface area contributed by atoms with Crippen LogP contribution in [0.1, 0.15) is 27.2 Å². The molecule has 0 bridgehead atoms. The van der Waals surface area contributed by atoms with Gasteiger partial charge in [-0.3, -0.25) is 14.4 Å². The lowest BCUT2D eigenvalue weighted by atomic mass is 9.55. The fourth-order valence-corrected chi connectivity index (χ4v) is 3.01. The Bertz CT molecular complexity index is 669. The fraction of sp³-hybridized carbons (Fsp3) is 0.471. The maximum absolute atomic E-state index is 12.4. The van der Waals surface area contributed by atoms with Gasteiger partial charge in [0.1, 0.15) is 12.2 Å². The first-order valence-corrected chi connectivity index (χ1v) is 7.20. The normalized spacial score (nSPS) is 36.3. The third kappa shape index (κ3) is 2.48. The van der Waals surface area contributed by atoms with Crippen molar-refractivity contribution in [3.8, 4) is 0 Å². The molecule has 0 saturated heterocycles. The standard InChI is InChI=1S/C17H20O6/c1-10(8-23-11(2)18)17(22)9-15(3)12(7-14(17)20)5-6-13(19)16(15,4)21/h5-7,21-22H,1,8-9H2,2-4H3. The van der Waals surface area contributed by atoms with Crippen LogP contribution in [-0.4, -0.2) is 45.6 Å². The van der Waals surface area contributed by atoms with Crippen LogP contribution in [0.2, 0.25) is 0 Å². The Morgan fingerprint density at radius 1 is 1.26 bits per heavy atom. The zero-order chi connectivity index (χ0) is 17.6. The Hall–Kier alpha value is -2.05. The van der Waals surface area contributed by atoms with E-state index in [-0.39, 0.29) is 18.6 Å². The van der Waals surface area contributed by atoms with E-state index < -0.39 is 34.2 Å². The number of allylic oxidation sites excluding steroid dienone is 1. The summed E-state index contributed by atoms with van der Waals surface area (Å²) in [5.74, 6) is -1.68. The van der Waals surface area contributed by atoms with E-state index in [9.17, 15) is 24.6 Å². The minimum atomic E-state index is -2.01. The molecule has 2 aliphatic rings. The summed E-state index contributed by atoms with van der Waals surface area (Å²) >= 11 is 0. The molecule has 2 aliphatic carbocycles. The molecule has 0 amide bonds. The molecule has 2 rings (SSSR count). The number of ether oxygens (including phenoxy) is 1. The highest BCUT2D eigenvalue weighted by Crippen LogP contribution is 2.52. The van der Waals surface area contributed by atoms with E-state index in [4.69, 9.17) is 4.74 Å². The number of aliphatic hydroxyl groups is 2. The average molecular weight is 320 g/mol. The van der Waals surface area contributed by atoms with Gasteiger partial charge in [0, 0.05) is 18.8 Å². The Morgan fingerprint density at radius 3 is 2.43 bits per heavy atom. The van der Waals surface area contributed by atoms with Crippen molar-refractivity contribution in [1.29, 1.82) is 0 Å². The van der Waals surface area contributed by atoms with Gasteiger partial charge in [-0.05, 0) is 30.2 Å². The van der Waals surface area contributed by atoms with Crippen molar-refractivity contribution in [2.45, 2.75) is 38.4 Å². The summed E-state index contributed by atoms with van der Waals surface area (Å²) in [6.07, 6.45) is 3.68. The number of fused-ring (bicyclic) bond motifs is 1. The molecule has 0 aromatic carbocycles. The number of esters is 1. The summed E-state index contributed by atoms with van der Waals surface area (Å²) in [5, 5.41) is 21.4. The average Bonchev–Trinajstić information content (AvgIpc) is 2.45. The van der Waals surface area contributed by atoms with Gasteiger partial charge < -0.3 is 14.9 Å². The second-order valence-electron chi connectivity index (χ2n) is 6.49. The van der Waals surface area contributed by atoms with E-state index in [1.807, 2.05) is 0 Å². The quantitative estimate of drug-likeness (QED) is 0.584. The van der Waals surface area contributed by atoms with Crippen molar-refractivity contribution >= 4 is 17.5 Å². The number of carbonyl (C=O) groups excluding carboxylic acids is 3. The molecule has 0 saturated carbocycles. The maximum atomic E-state index is 12.4. The largest absolute Gasteiger partial charge is 0.461 e. The minimum absolute atomic E-state index is 0.00651. The Kier molecular flexibility index (Phi) is 3.95. The maximum Gasteiger partial charge on any atom is 0.302 e. The fourth-order valence-electron chi connectivity index (χ4n) is 3.01. The zero-order valence-corrected chi connectivity index (χ0v) is 13.4. The van der Waals surface area contributed by atoms with Gasteiger partial charge >= 0.3 is 5.97 Å². The third-order valence-electron chi connectivity index (χ3n) is 4.94. The van der Waals surface area contributed by atoms with Gasteiger partial charge in [-0.25, -0.2) is 0 Å². The van der Waals surface area contributed by atoms with E-state index in [0.29, 0.717) is 5.57 Å². The minimum Gasteiger partial charge on any atom is -0.461 e. The molecule has 0 spiro atoms. The molecule has 23 heavy (non-hydrogen) atoms. The highest BCUT2D eigenvalue weighted by molar-refractivity contribution is 6.05. The van der Waals surface area contributed by atoms with Crippen molar-refractivity contribution in [3.05, 3.63) is 36.0 Å². The Labute approximate surface area is 134 Å². The second-order valence-corrected chi connectivity index (χ2v) is 6.49. The van der Waals surface area contributed by atoms with Crippen LogP contribution >= 0.6 is 0 Å². The molecule has 0 radical (unpaired) electrons. The number of hydrogen-bond acceptors (Lipinski definition) is 6. The molecule has 0 heterocycles. The van der Waals surface area contributed by atoms with Crippen molar-refractivity contribution in [3.63, 3.8) is 0 Å². The van der Waals surface area contributed by atoms with Gasteiger partial charge in [-0.2, -0.15) is 0 Å². The first-order valence-electron chi connectivity index (χ1n) is 7.20. The molecule has 2 N–H and O–H groups in total. The number of carbonyl (C=O) groups is 3. The summed E-state index contributed by atoms with van der Waals surface area (Å²) in [6.45, 7) is 7.50. The summed E-state index contributed by atoms with van der Waals surface area (Å²) in [5.41, 5.74) is -4.47. The van der Waals surface area contributed by atoms with Crippen LogP contribution in [0.5, 0.6) is 0 Å². The monoisotopic (exact) mass is 320 g/mol. The van der Waals surface area contributed by atoms with Gasteiger partial charge in [-0.15, -0.1) is 0 Å². The van der Waals surface area contributed by atoms with Crippen molar-refractivity contribution < 1.29 is 29.3 Å². The van der Waals surface area contributed by atoms with E-state index in [2.05, 4.69) is 6.58 Å². The lowest BCUT2D eigenvalue weighted by molar-refractivity contribution is -0.153. The highest BCUT2D eigenvalue weighted by Gasteiger charge is 2.59.